The minimum atomic E-state index is -0.330. The van der Waals surface area contributed by atoms with Crippen LogP contribution in [0.25, 0.3) is 0 Å². The van der Waals surface area contributed by atoms with E-state index < -0.39 is 0 Å². The quantitative estimate of drug-likeness (QED) is 0.450. The van der Waals surface area contributed by atoms with Gasteiger partial charge in [0.25, 0.3) is 0 Å². The molecule has 5 fully saturated rings. The summed E-state index contributed by atoms with van der Waals surface area (Å²) < 4.78 is 5.80. The zero-order valence-corrected chi connectivity index (χ0v) is 17.5. The molecule has 28 heavy (non-hydrogen) atoms. The molecule has 150 valence electrons. The summed E-state index contributed by atoms with van der Waals surface area (Å²) >= 11 is 1.51. The molecule has 6 rings (SSSR count). The molecule has 4 aliphatic carbocycles. The van der Waals surface area contributed by atoms with Crippen LogP contribution in [0, 0.1) is 28.6 Å². The van der Waals surface area contributed by atoms with E-state index in [1.54, 1.807) is 0 Å². The fourth-order valence-electron chi connectivity index (χ4n) is 8.31. The smallest absolute Gasteiger partial charge is 0.306 e. The van der Waals surface area contributed by atoms with Crippen LogP contribution in [0.5, 0.6) is 0 Å². The minimum absolute atomic E-state index is 0.0344. The summed E-state index contributed by atoms with van der Waals surface area (Å²) in [6, 6.07) is 0. The number of rotatable bonds is 0. The zero-order chi connectivity index (χ0) is 19.5. The Hall–Kier alpha value is -1.10. The van der Waals surface area contributed by atoms with Gasteiger partial charge in [-0.25, -0.2) is 0 Å². The van der Waals surface area contributed by atoms with Crippen molar-refractivity contribution < 1.29 is 19.1 Å². The molecule has 2 saturated heterocycles. The molecule has 0 N–H and O–H groups in total. The highest BCUT2D eigenvalue weighted by atomic mass is 32.2. The number of Topliss-reactive ketones (excluding diaryl/α,β-unsaturated/α-hetero) is 1. The van der Waals surface area contributed by atoms with Gasteiger partial charge in [0.1, 0.15) is 11.4 Å². The van der Waals surface area contributed by atoms with Gasteiger partial charge in [-0.3, -0.25) is 14.4 Å². The fraction of sp³-hybridized carbons (Fsp3) is 0.783. The first-order valence-electron chi connectivity index (χ1n) is 10.9. The Morgan fingerprint density at radius 3 is 2.68 bits per heavy atom. The fourth-order valence-corrected chi connectivity index (χ4v) is 10.0. The summed E-state index contributed by atoms with van der Waals surface area (Å²) in [4.78, 5) is 37.6. The molecule has 0 radical (unpaired) electrons. The van der Waals surface area contributed by atoms with E-state index in [2.05, 4.69) is 19.9 Å². The molecule has 3 saturated carbocycles. The molecule has 0 aromatic heterocycles. The Balaban J connectivity index is 1.48. The largest absolute Gasteiger partial charge is 0.458 e. The summed E-state index contributed by atoms with van der Waals surface area (Å²) in [7, 11) is 0. The van der Waals surface area contributed by atoms with Crippen LogP contribution in [-0.2, 0) is 19.1 Å². The van der Waals surface area contributed by atoms with E-state index in [0.29, 0.717) is 36.1 Å². The van der Waals surface area contributed by atoms with E-state index in [-0.39, 0.29) is 39.0 Å². The number of ether oxygens (including phenoxy) is 1. The number of hydrogen-bond acceptors (Lipinski definition) is 5. The predicted molar refractivity (Wildman–Crippen MR) is 105 cm³/mol. The van der Waals surface area contributed by atoms with Crippen LogP contribution in [0.3, 0.4) is 0 Å². The van der Waals surface area contributed by atoms with Crippen molar-refractivity contribution >= 4 is 28.6 Å². The van der Waals surface area contributed by atoms with Crippen molar-refractivity contribution in [3.63, 3.8) is 0 Å². The first-order chi connectivity index (χ1) is 13.2. The molecule has 2 spiro atoms. The van der Waals surface area contributed by atoms with E-state index >= 15 is 0 Å². The van der Waals surface area contributed by atoms with Crippen molar-refractivity contribution in [2.24, 2.45) is 28.6 Å². The third kappa shape index (κ3) is 1.80. The Morgan fingerprint density at radius 2 is 1.93 bits per heavy atom. The average Bonchev–Trinajstić information content (AvgIpc) is 3.26. The maximum absolute atomic E-state index is 13.2. The molecule has 5 heteroatoms. The van der Waals surface area contributed by atoms with Gasteiger partial charge in [-0.2, -0.15) is 0 Å². The highest BCUT2D eigenvalue weighted by Crippen LogP contribution is 2.75. The molecule has 6 aliphatic rings. The van der Waals surface area contributed by atoms with Crippen molar-refractivity contribution in [3.05, 3.63) is 11.6 Å². The third-order valence-electron chi connectivity index (χ3n) is 9.91. The average molecular weight is 401 g/mol. The standard InChI is InChI=1S/C23H28O4S/c1-20-8-4-16-18(15(20)5-9-22(20)10-6-17(25)27-22)14-12-23(28-19(14)26)11-13(24)3-7-21(16,23)2/h4,14-15,18H,3,5-12H2,1-2H3/t14-,15?,18?,20?,21?,22-,23+/m1/s1. The summed E-state index contributed by atoms with van der Waals surface area (Å²) in [5, 5.41) is 0.308. The molecule has 0 aromatic carbocycles. The normalized spacial score (nSPS) is 54.3. The van der Waals surface area contributed by atoms with Gasteiger partial charge in [-0.05, 0) is 50.4 Å². The van der Waals surface area contributed by atoms with Crippen LogP contribution >= 0.6 is 11.8 Å². The third-order valence-corrected chi connectivity index (χ3v) is 11.6. The van der Waals surface area contributed by atoms with Crippen molar-refractivity contribution in [3.8, 4) is 0 Å². The van der Waals surface area contributed by atoms with Gasteiger partial charge in [0.05, 0.1) is 0 Å². The zero-order valence-electron chi connectivity index (χ0n) is 16.7. The second-order valence-corrected chi connectivity index (χ2v) is 12.1. The van der Waals surface area contributed by atoms with Crippen LogP contribution in [0.4, 0.5) is 0 Å². The maximum Gasteiger partial charge on any atom is 0.306 e. The van der Waals surface area contributed by atoms with E-state index in [1.165, 1.54) is 17.3 Å². The lowest BCUT2D eigenvalue weighted by molar-refractivity contribution is -0.161. The van der Waals surface area contributed by atoms with Crippen molar-refractivity contribution in [2.75, 3.05) is 0 Å². The lowest BCUT2D eigenvalue weighted by Crippen LogP contribution is -2.58. The second kappa shape index (κ2) is 5.14. The molecule has 0 aromatic rings. The number of ketones is 1. The molecule has 4 nitrogen and oxygen atoms in total. The Morgan fingerprint density at radius 1 is 1.11 bits per heavy atom. The van der Waals surface area contributed by atoms with Crippen molar-refractivity contribution in [2.45, 2.75) is 82.0 Å². The summed E-state index contributed by atoms with van der Waals surface area (Å²) in [5.41, 5.74) is 1.02. The van der Waals surface area contributed by atoms with E-state index in [4.69, 9.17) is 4.74 Å². The first kappa shape index (κ1) is 17.7. The summed E-state index contributed by atoms with van der Waals surface area (Å²) in [5.74, 6) is 0.984. The van der Waals surface area contributed by atoms with Gasteiger partial charge in [0, 0.05) is 40.8 Å². The number of esters is 1. The van der Waals surface area contributed by atoms with Gasteiger partial charge < -0.3 is 4.74 Å². The first-order valence-corrected chi connectivity index (χ1v) is 11.7. The Kier molecular flexibility index (Phi) is 3.25. The second-order valence-electron chi connectivity index (χ2n) is 10.7. The van der Waals surface area contributed by atoms with Crippen LogP contribution in [-0.4, -0.2) is 27.2 Å². The lowest BCUT2D eigenvalue weighted by Gasteiger charge is -2.59. The van der Waals surface area contributed by atoms with Crippen LogP contribution < -0.4 is 0 Å². The van der Waals surface area contributed by atoms with Gasteiger partial charge in [-0.1, -0.05) is 37.3 Å². The van der Waals surface area contributed by atoms with E-state index in [9.17, 15) is 14.4 Å². The summed E-state index contributed by atoms with van der Waals surface area (Å²) in [6.07, 6.45) is 9.65. The highest BCUT2D eigenvalue weighted by Gasteiger charge is 2.72. The molecule has 2 heterocycles. The van der Waals surface area contributed by atoms with Crippen LogP contribution in [0.15, 0.2) is 11.6 Å². The van der Waals surface area contributed by atoms with E-state index in [0.717, 1.165) is 38.5 Å². The van der Waals surface area contributed by atoms with E-state index in [1.807, 2.05) is 0 Å². The summed E-state index contributed by atoms with van der Waals surface area (Å²) in [6.45, 7) is 4.65. The van der Waals surface area contributed by atoms with Gasteiger partial charge in [0.15, 0.2) is 5.12 Å². The van der Waals surface area contributed by atoms with Crippen molar-refractivity contribution in [1.82, 2.24) is 0 Å². The van der Waals surface area contributed by atoms with Gasteiger partial charge >= 0.3 is 5.97 Å². The number of allylic oxidation sites excluding steroid dienone is 2. The molecule has 2 aliphatic heterocycles. The predicted octanol–water partition coefficient (Wildman–Crippen LogP) is 4.22. The molecule has 2 bridgehead atoms. The topological polar surface area (TPSA) is 60.4 Å². The number of fused-ring (bicyclic) bond motifs is 7. The number of carbonyl (C=O) groups excluding carboxylic acids is 3. The molecular weight excluding hydrogens is 372 g/mol. The lowest BCUT2D eigenvalue weighted by atomic mass is 9.46. The van der Waals surface area contributed by atoms with Crippen molar-refractivity contribution in [1.29, 1.82) is 0 Å². The SMILES string of the molecule is CC12CC=C3C(C1CC[C@@]21CCC(=O)O1)[C@H]1C[C@]2(CC(=O)CCC32C)SC1=O. The molecular formula is C23H28O4S. The molecule has 0 amide bonds. The van der Waals surface area contributed by atoms with Crippen LogP contribution in [0.2, 0.25) is 0 Å². The number of hydrogen-bond donors (Lipinski definition) is 0. The van der Waals surface area contributed by atoms with Gasteiger partial charge in [-0.15, -0.1) is 0 Å². The maximum atomic E-state index is 13.2. The monoisotopic (exact) mass is 400 g/mol. The molecule has 4 unspecified atom stereocenters. The molecule has 7 atom stereocenters. The Bertz CT molecular complexity index is 863. The minimum Gasteiger partial charge on any atom is -0.458 e. The highest BCUT2D eigenvalue weighted by molar-refractivity contribution is 8.15. The van der Waals surface area contributed by atoms with Crippen LogP contribution in [0.1, 0.15) is 71.6 Å². The number of thioether (sulfide) groups is 1. The Labute approximate surface area is 170 Å². The number of carbonyl (C=O) groups is 3. The van der Waals surface area contributed by atoms with Gasteiger partial charge in [0.2, 0.25) is 0 Å².